The van der Waals surface area contributed by atoms with Gasteiger partial charge >= 0.3 is 0 Å². The molecule has 1 aliphatic heterocycles. The highest BCUT2D eigenvalue weighted by atomic mass is 16.3. The number of hydrogen-bond donors (Lipinski definition) is 2. The second-order valence-electron chi connectivity index (χ2n) is 7.10. The van der Waals surface area contributed by atoms with Gasteiger partial charge in [0.2, 0.25) is 0 Å². The summed E-state index contributed by atoms with van der Waals surface area (Å²) in [4.78, 5) is 2.42. The van der Waals surface area contributed by atoms with Crippen LogP contribution >= 0.6 is 0 Å². The van der Waals surface area contributed by atoms with Crippen LogP contribution < -0.4 is 10.2 Å². The highest BCUT2D eigenvalue weighted by Crippen LogP contribution is 2.27. The van der Waals surface area contributed by atoms with Crippen molar-refractivity contribution in [3.63, 3.8) is 0 Å². The molecule has 1 saturated heterocycles. The van der Waals surface area contributed by atoms with Gasteiger partial charge < -0.3 is 15.3 Å². The monoisotopic (exact) mass is 288 g/mol. The average molecular weight is 288 g/mol. The number of rotatable bonds is 4. The summed E-state index contributed by atoms with van der Waals surface area (Å²) in [5.74, 6) is 0. The molecule has 1 aliphatic carbocycles. The summed E-state index contributed by atoms with van der Waals surface area (Å²) in [6.07, 6.45) is 5.51. The van der Waals surface area contributed by atoms with Gasteiger partial charge in [-0.05, 0) is 69.2 Å². The lowest BCUT2D eigenvalue weighted by Crippen LogP contribution is -2.28. The Kier molecular flexibility index (Phi) is 4.23. The third-order valence-electron chi connectivity index (χ3n) is 4.91. The van der Waals surface area contributed by atoms with Gasteiger partial charge in [0.1, 0.15) is 0 Å². The number of nitrogens with zero attached hydrogens (tertiary/aromatic N) is 1. The predicted molar refractivity (Wildman–Crippen MR) is 87.7 cm³/mol. The smallest absolute Gasteiger partial charge is 0.0637 e. The van der Waals surface area contributed by atoms with Gasteiger partial charge in [0, 0.05) is 31.4 Å². The fourth-order valence-corrected chi connectivity index (χ4v) is 3.14. The normalized spacial score (nSPS) is 26.7. The van der Waals surface area contributed by atoms with Crippen molar-refractivity contribution in [1.29, 1.82) is 0 Å². The lowest BCUT2D eigenvalue weighted by atomic mass is 9.98. The van der Waals surface area contributed by atoms with Gasteiger partial charge in [-0.1, -0.05) is 6.07 Å². The Morgan fingerprint density at radius 1 is 1.29 bits per heavy atom. The molecule has 0 radical (unpaired) electrons. The van der Waals surface area contributed by atoms with E-state index in [1.807, 2.05) is 6.92 Å². The first-order valence-corrected chi connectivity index (χ1v) is 8.34. The molecule has 0 spiro atoms. The Hall–Kier alpha value is -1.06. The molecule has 2 N–H and O–H groups in total. The molecular formula is C18H28N2O. The van der Waals surface area contributed by atoms with Crippen LogP contribution in [0.2, 0.25) is 0 Å². The largest absolute Gasteiger partial charge is 0.390 e. The van der Waals surface area contributed by atoms with Crippen molar-refractivity contribution in [1.82, 2.24) is 5.32 Å². The van der Waals surface area contributed by atoms with Gasteiger partial charge in [0.05, 0.1) is 5.60 Å². The first kappa shape index (κ1) is 14.9. The number of nitrogens with one attached hydrogen (secondary N) is 1. The maximum Gasteiger partial charge on any atom is 0.0637 e. The molecular weight excluding hydrogens is 260 g/mol. The second-order valence-corrected chi connectivity index (χ2v) is 7.10. The van der Waals surface area contributed by atoms with Crippen LogP contribution in [-0.2, 0) is 6.54 Å². The molecule has 3 nitrogen and oxygen atoms in total. The first-order chi connectivity index (χ1) is 10.0. The summed E-state index contributed by atoms with van der Waals surface area (Å²) >= 11 is 0. The topological polar surface area (TPSA) is 35.5 Å². The highest BCUT2D eigenvalue weighted by molar-refractivity contribution is 5.51. The summed E-state index contributed by atoms with van der Waals surface area (Å²) in [5.41, 5.74) is 3.60. The van der Waals surface area contributed by atoms with Crippen molar-refractivity contribution >= 4 is 5.69 Å². The molecule has 3 heteroatoms. The van der Waals surface area contributed by atoms with Crippen molar-refractivity contribution in [2.24, 2.45) is 0 Å². The van der Waals surface area contributed by atoms with Crippen LogP contribution in [0.4, 0.5) is 5.69 Å². The Balaban J connectivity index is 1.65. The van der Waals surface area contributed by atoms with Crippen molar-refractivity contribution in [3.05, 3.63) is 29.3 Å². The van der Waals surface area contributed by atoms with Crippen LogP contribution in [0, 0.1) is 6.92 Å². The maximum atomic E-state index is 10.2. The summed E-state index contributed by atoms with van der Waals surface area (Å²) in [6, 6.07) is 7.58. The fourth-order valence-electron chi connectivity index (χ4n) is 3.14. The molecule has 1 aromatic carbocycles. The zero-order valence-electron chi connectivity index (χ0n) is 13.4. The number of hydrogen-bond acceptors (Lipinski definition) is 3. The van der Waals surface area contributed by atoms with E-state index < -0.39 is 5.60 Å². The Labute approximate surface area is 128 Å². The van der Waals surface area contributed by atoms with E-state index in [0.29, 0.717) is 0 Å². The Morgan fingerprint density at radius 2 is 2.10 bits per heavy atom. The Morgan fingerprint density at radius 3 is 2.81 bits per heavy atom. The van der Waals surface area contributed by atoms with E-state index in [4.69, 9.17) is 0 Å². The van der Waals surface area contributed by atoms with Crippen LogP contribution in [0.1, 0.15) is 50.2 Å². The molecule has 116 valence electrons. The first-order valence-electron chi connectivity index (χ1n) is 8.34. The molecule has 3 rings (SSSR count). The second kappa shape index (κ2) is 5.98. The van der Waals surface area contributed by atoms with Crippen LogP contribution in [0.15, 0.2) is 18.2 Å². The van der Waals surface area contributed by atoms with Crippen molar-refractivity contribution in [2.45, 2.75) is 64.1 Å². The maximum absolute atomic E-state index is 10.2. The number of aliphatic hydroxyl groups is 1. The molecule has 2 aliphatic rings. The van der Waals surface area contributed by atoms with E-state index >= 15 is 0 Å². The highest BCUT2D eigenvalue weighted by Gasteiger charge is 2.25. The zero-order valence-corrected chi connectivity index (χ0v) is 13.4. The molecule has 0 bridgehead atoms. The van der Waals surface area contributed by atoms with Crippen LogP contribution in [0.3, 0.4) is 0 Å². The van der Waals surface area contributed by atoms with Crippen molar-refractivity contribution < 1.29 is 5.11 Å². The van der Waals surface area contributed by atoms with Gasteiger partial charge in [-0.3, -0.25) is 0 Å². The molecule has 0 amide bonds. The third kappa shape index (κ3) is 3.98. The number of anilines is 1. The molecule has 1 aromatic rings. The summed E-state index contributed by atoms with van der Waals surface area (Å²) < 4.78 is 0. The number of aryl methyl sites for hydroxylation is 1. The minimum absolute atomic E-state index is 0.488. The molecule has 1 heterocycles. The molecule has 1 unspecified atom stereocenters. The standard InChI is InChI=1S/C18H28N2O/c1-14-12-17(7-4-15(14)13-19-16-5-6-16)20-10-3-8-18(2,21)9-11-20/h4,7,12,16,19,21H,3,5-6,8-11,13H2,1-2H3. The van der Waals surface area contributed by atoms with Crippen LogP contribution in [0.5, 0.6) is 0 Å². The van der Waals surface area contributed by atoms with E-state index in [2.05, 4.69) is 35.3 Å². The van der Waals surface area contributed by atoms with Gasteiger partial charge in [-0.25, -0.2) is 0 Å². The minimum atomic E-state index is -0.488. The van der Waals surface area contributed by atoms with Gasteiger partial charge in [0.15, 0.2) is 0 Å². The average Bonchev–Trinajstić information content (AvgIpc) is 3.25. The van der Waals surface area contributed by atoms with Crippen LogP contribution in [-0.4, -0.2) is 29.8 Å². The van der Waals surface area contributed by atoms with E-state index in [1.165, 1.54) is 29.7 Å². The number of benzene rings is 1. The van der Waals surface area contributed by atoms with Crippen molar-refractivity contribution in [2.75, 3.05) is 18.0 Å². The lowest BCUT2D eigenvalue weighted by molar-refractivity contribution is 0.0481. The molecule has 0 aromatic heterocycles. The van der Waals surface area contributed by atoms with E-state index in [-0.39, 0.29) is 0 Å². The van der Waals surface area contributed by atoms with Crippen molar-refractivity contribution in [3.8, 4) is 0 Å². The van der Waals surface area contributed by atoms with Gasteiger partial charge in [-0.15, -0.1) is 0 Å². The molecule has 1 atom stereocenters. The molecule has 1 saturated carbocycles. The van der Waals surface area contributed by atoms with E-state index in [9.17, 15) is 5.11 Å². The van der Waals surface area contributed by atoms with Gasteiger partial charge in [-0.2, -0.15) is 0 Å². The predicted octanol–water partition coefficient (Wildman–Crippen LogP) is 2.99. The SMILES string of the molecule is Cc1cc(N2CCCC(C)(O)CC2)ccc1CNC1CC1. The van der Waals surface area contributed by atoms with Crippen LogP contribution in [0.25, 0.3) is 0 Å². The quantitative estimate of drug-likeness (QED) is 0.894. The lowest BCUT2D eigenvalue weighted by Gasteiger charge is -2.25. The molecule has 21 heavy (non-hydrogen) atoms. The summed E-state index contributed by atoms with van der Waals surface area (Å²) in [7, 11) is 0. The summed E-state index contributed by atoms with van der Waals surface area (Å²) in [5, 5.41) is 13.8. The third-order valence-corrected chi connectivity index (χ3v) is 4.91. The van der Waals surface area contributed by atoms with Gasteiger partial charge in [0.25, 0.3) is 0 Å². The fraction of sp³-hybridized carbons (Fsp3) is 0.667. The minimum Gasteiger partial charge on any atom is -0.390 e. The zero-order chi connectivity index (χ0) is 14.9. The summed E-state index contributed by atoms with van der Waals surface area (Å²) in [6.45, 7) is 7.17. The van der Waals surface area contributed by atoms with E-state index in [1.54, 1.807) is 0 Å². The van der Waals surface area contributed by atoms with E-state index in [0.717, 1.165) is 44.9 Å². The molecule has 2 fully saturated rings. The Bertz CT molecular complexity index is 494.